The van der Waals surface area contributed by atoms with Crippen molar-refractivity contribution >= 4 is 41.8 Å². The zero-order chi connectivity index (χ0) is 53.7. The smallest absolute Gasteiger partial charge is 0.408 e. The van der Waals surface area contributed by atoms with Gasteiger partial charge in [-0.2, -0.15) is 0 Å². The molecule has 74 heavy (non-hydrogen) atoms. The molecule has 7 N–H and O–H groups in total. The molecule has 0 saturated carbocycles. The Balaban J connectivity index is 1.45. The van der Waals surface area contributed by atoms with Gasteiger partial charge in [0.2, 0.25) is 23.6 Å². The predicted molar refractivity (Wildman–Crippen MR) is 282 cm³/mol. The molecule has 6 amide bonds. The zero-order valence-corrected chi connectivity index (χ0v) is 43.0. The third kappa shape index (κ3) is 18.2. The predicted octanol–water partition coefficient (Wildman–Crippen LogP) is 7.49. The van der Waals surface area contributed by atoms with Crippen molar-refractivity contribution in [2.45, 2.75) is 127 Å². The highest BCUT2D eigenvalue weighted by Crippen LogP contribution is 2.37. The largest absolute Gasteiger partial charge is 0.480 e. The molecule has 392 valence electrons. The number of unbranched alkanes of at least 4 members (excludes halogenated alkanes) is 1. The van der Waals surface area contributed by atoms with Crippen molar-refractivity contribution in [3.8, 4) is 0 Å². The number of ether oxygens (including phenoxy) is 2. The molecule has 0 heterocycles. The van der Waals surface area contributed by atoms with E-state index in [1.807, 2.05) is 97.1 Å². The summed E-state index contributed by atoms with van der Waals surface area (Å²) in [4.78, 5) is 96.1. The molecule has 5 aromatic carbocycles. The number of hydrogen-bond acceptors (Lipinski definition) is 9. The van der Waals surface area contributed by atoms with E-state index in [4.69, 9.17) is 9.47 Å². The van der Waals surface area contributed by atoms with Gasteiger partial charge in [-0.25, -0.2) is 14.4 Å². The standard InChI is InChI=1S/C58H70N6O10/c1-56(2,3)73-54(71)59-37-23-22-34-46(53(69)70)61-50(66)45(35-36-49(65)64-58(42-28-16-9-17-29-42,43-30-18-10-19-31-43)44-32-20-11-21-33-44)60-51(67)47(38-40-24-12-7-13-25-40)62-52(68)48(39-41-26-14-8-15-27-41)63-55(72)74-57(4,5)6/h7-21,24-33,45-48H,22-23,34-39H2,1-6H3,(H,59,71)(H,60,67)(H,61,66)(H,62,68)(H,63,72)(H,64,65)(H,69,70). The number of aliphatic carboxylic acids is 1. The minimum Gasteiger partial charge on any atom is -0.480 e. The second kappa shape index (κ2) is 27.2. The molecule has 5 rings (SSSR count). The second-order valence-electron chi connectivity index (χ2n) is 20.0. The van der Waals surface area contributed by atoms with Gasteiger partial charge in [0.05, 0.1) is 0 Å². The lowest BCUT2D eigenvalue weighted by molar-refractivity contribution is -0.142. The van der Waals surface area contributed by atoms with Gasteiger partial charge in [-0.15, -0.1) is 0 Å². The number of carboxylic acids is 1. The summed E-state index contributed by atoms with van der Waals surface area (Å²) in [6.07, 6.45) is -1.51. The van der Waals surface area contributed by atoms with Crippen LogP contribution < -0.4 is 31.9 Å². The lowest BCUT2D eigenvalue weighted by Crippen LogP contribution is -2.59. The first kappa shape index (κ1) is 56.9. The summed E-state index contributed by atoms with van der Waals surface area (Å²) in [5, 5.41) is 27.0. The molecule has 0 aliphatic heterocycles. The van der Waals surface area contributed by atoms with Gasteiger partial charge in [0.1, 0.15) is 40.9 Å². The topological polar surface area (TPSA) is 230 Å². The van der Waals surface area contributed by atoms with E-state index in [9.17, 15) is 38.7 Å². The van der Waals surface area contributed by atoms with E-state index < -0.39 is 82.7 Å². The van der Waals surface area contributed by atoms with E-state index in [0.29, 0.717) is 17.5 Å². The summed E-state index contributed by atoms with van der Waals surface area (Å²) in [5.74, 6) is -4.25. The van der Waals surface area contributed by atoms with Crippen LogP contribution in [0.2, 0.25) is 0 Å². The Morgan fingerprint density at radius 2 is 0.838 bits per heavy atom. The van der Waals surface area contributed by atoms with Crippen LogP contribution in [0.25, 0.3) is 0 Å². The molecule has 0 spiro atoms. The first-order chi connectivity index (χ1) is 35.2. The molecular weight excluding hydrogens is 941 g/mol. The van der Waals surface area contributed by atoms with Crippen molar-refractivity contribution < 1.29 is 48.1 Å². The van der Waals surface area contributed by atoms with Gasteiger partial charge in [-0.3, -0.25) is 19.2 Å². The fraction of sp³-hybridized carbons (Fsp3) is 0.362. The van der Waals surface area contributed by atoms with Crippen molar-refractivity contribution in [1.82, 2.24) is 31.9 Å². The molecule has 4 atom stereocenters. The quantitative estimate of drug-likeness (QED) is 0.0238. The fourth-order valence-electron chi connectivity index (χ4n) is 8.22. The van der Waals surface area contributed by atoms with E-state index >= 15 is 0 Å². The number of carbonyl (C=O) groups is 7. The van der Waals surface area contributed by atoms with Crippen molar-refractivity contribution in [3.05, 3.63) is 179 Å². The van der Waals surface area contributed by atoms with Crippen LogP contribution in [0.4, 0.5) is 9.59 Å². The average molecular weight is 1010 g/mol. The summed E-state index contributed by atoms with van der Waals surface area (Å²) in [5.41, 5.74) is 0.834. The highest BCUT2D eigenvalue weighted by atomic mass is 16.6. The Morgan fingerprint density at radius 1 is 0.459 bits per heavy atom. The Kier molecular flexibility index (Phi) is 20.9. The van der Waals surface area contributed by atoms with Gasteiger partial charge in [0.25, 0.3) is 0 Å². The first-order valence-electron chi connectivity index (χ1n) is 24.9. The molecule has 0 radical (unpaired) electrons. The molecule has 0 saturated heterocycles. The van der Waals surface area contributed by atoms with Crippen molar-refractivity contribution in [2.75, 3.05) is 6.54 Å². The number of carboxylic acid groups (broad SMARTS) is 1. The van der Waals surface area contributed by atoms with E-state index in [1.165, 1.54) is 0 Å². The number of amides is 6. The first-order valence-corrected chi connectivity index (χ1v) is 24.9. The second-order valence-corrected chi connectivity index (χ2v) is 20.0. The summed E-state index contributed by atoms with van der Waals surface area (Å²) in [7, 11) is 0. The van der Waals surface area contributed by atoms with E-state index in [0.717, 1.165) is 16.7 Å². The maximum atomic E-state index is 14.7. The van der Waals surface area contributed by atoms with Crippen molar-refractivity contribution in [1.29, 1.82) is 0 Å². The highest BCUT2D eigenvalue weighted by Gasteiger charge is 2.39. The Bertz CT molecular complexity index is 2510. The van der Waals surface area contributed by atoms with Gasteiger partial charge < -0.3 is 46.5 Å². The summed E-state index contributed by atoms with van der Waals surface area (Å²) in [6, 6.07) is 40.6. The van der Waals surface area contributed by atoms with Gasteiger partial charge in [-0.1, -0.05) is 152 Å². The molecule has 0 aliphatic carbocycles. The number of carbonyl (C=O) groups excluding carboxylic acids is 6. The third-order valence-electron chi connectivity index (χ3n) is 11.6. The Hall–Kier alpha value is -8.01. The van der Waals surface area contributed by atoms with Gasteiger partial charge in [0.15, 0.2) is 0 Å². The molecule has 16 nitrogen and oxygen atoms in total. The third-order valence-corrected chi connectivity index (χ3v) is 11.6. The SMILES string of the molecule is CC(C)(C)OC(=O)NCCCCC(NC(=O)C(CCC(=O)NC(c1ccccc1)(c1ccccc1)c1ccccc1)NC(=O)C(Cc1ccccc1)NC(=O)C(Cc1ccccc1)NC(=O)OC(C)(C)C)C(=O)O. The molecule has 0 aliphatic rings. The van der Waals surface area contributed by atoms with Crippen LogP contribution in [0.15, 0.2) is 152 Å². The lowest BCUT2D eigenvalue weighted by Gasteiger charge is -2.37. The van der Waals surface area contributed by atoms with Crippen LogP contribution in [0.3, 0.4) is 0 Å². The number of hydrogen-bond donors (Lipinski definition) is 7. The summed E-state index contributed by atoms with van der Waals surface area (Å²) in [6.45, 7) is 10.4. The molecule has 5 aromatic rings. The van der Waals surface area contributed by atoms with Gasteiger partial charge >= 0.3 is 18.2 Å². The molecular formula is C58H70N6O10. The fourth-order valence-corrected chi connectivity index (χ4v) is 8.22. The van der Waals surface area contributed by atoms with E-state index in [-0.39, 0.29) is 45.1 Å². The summed E-state index contributed by atoms with van der Waals surface area (Å²) >= 11 is 0. The molecule has 4 unspecified atom stereocenters. The number of rotatable bonds is 24. The van der Waals surface area contributed by atoms with Crippen LogP contribution in [0, 0.1) is 0 Å². The van der Waals surface area contributed by atoms with Gasteiger partial charge in [-0.05, 0) is 95.0 Å². The van der Waals surface area contributed by atoms with Gasteiger partial charge in [0, 0.05) is 25.8 Å². The molecule has 0 fully saturated rings. The van der Waals surface area contributed by atoms with Crippen molar-refractivity contribution in [2.24, 2.45) is 0 Å². The Labute approximate surface area is 433 Å². The summed E-state index contributed by atoms with van der Waals surface area (Å²) < 4.78 is 10.8. The highest BCUT2D eigenvalue weighted by molar-refractivity contribution is 5.95. The van der Waals surface area contributed by atoms with Crippen LogP contribution >= 0.6 is 0 Å². The van der Waals surface area contributed by atoms with E-state index in [2.05, 4.69) is 31.9 Å². The Morgan fingerprint density at radius 3 is 1.27 bits per heavy atom. The minimum absolute atomic E-state index is 0.0356. The average Bonchev–Trinajstić information content (AvgIpc) is 3.36. The normalized spacial score (nSPS) is 13.1. The minimum atomic E-state index is -1.50. The maximum absolute atomic E-state index is 14.7. The lowest BCUT2D eigenvalue weighted by atomic mass is 9.77. The molecule has 16 heteroatoms. The van der Waals surface area contributed by atoms with Crippen LogP contribution in [0.5, 0.6) is 0 Å². The molecule has 0 bridgehead atoms. The van der Waals surface area contributed by atoms with Crippen LogP contribution in [-0.4, -0.2) is 88.8 Å². The number of alkyl carbamates (subject to hydrolysis) is 2. The number of benzene rings is 5. The van der Waals surface area contributed by atoms with Crippen molar-refractivity contribution in [3.63, 3.8) is 0 Å². The molecule has 0 aromatic heterocycles. The number of nitrogens with one attached hydrogen (secondary N) is 6. The zero-order valence-electron chi connectivity index (χ0n) is 43.0. The van der Waals surface area contributed by atoms with Crippen LogP contribution in [-0.2, 0) is 51.8 Å². The monoisotopic (exact) mass is 1010 g/mol. The van der Waals surface area contributed by atoms with Crippen LogP contribution in [0.1, 0.15) is 101 Å². The maximum Gasteiger partial charge on any atom is 0.408 e. The van der Waals surface area contributed by atoms with E-state index in [1.54, 1.807) is 96.1 Å².